The van der Waals surface area contributed by atoms with Crippen LogP contribution in [0.5, 0.6) is 0 Å². The lowest BCUT2D eigenvalue weighted by atomic mass is 9.74. The number of aliphatic hydroxyl groups excluding tert-OH is 1. The quantitative estimate of drug-likeness (QED) is 0.791. The number of hydrogen-bond donors (Lipinski definition) is 2. The Morgan fingerprint density at radius 2 is 2.11 bits per heavy atom. The molecule has 6 nitrogen and oxygen atoms in total. The fraction of sp³-hybridized carbons (Fsp3) is 0.650. The second-order valence-electron chi connectivity index (χ2n) is 7.71. The Balaban J connectivity index is 0.00000102. The Hall–Kier alpha value is -1.75. The van der Waals surface area contributed by atoms with Gasteiger partial charge in [-0.05, 0) is 60.9 Å². The van der Waals surface area contributed by atoms with Crippen molar-refractivity contribution in [3.63, 3.8) is 0 Å². The van der Waals surface area contributed by atoms with Gasteiger partial charge in [-0.1, -0.05) is 24.5 Å². The summed E-state index contributed by atoms with van der Waals surface area (Å²) < 4.78 is 1.80. The molecule has 2 aliphatic carbocycles. The van der Waals surface area contributed by atoms with E-state index >= 15 is 0 Å². The number of aromatic nitrogens is 3. The van der Waals surface area contributed by atoms with Crippen LogP contribution in [0.3, 0.4) is 0 Å². The molecule has 2 fully saturated rings. The van der Waals surface area contributed by atoms with Gasteiger partial charge < -0.3 is 10.4 Å². The number of hydrogen-bond acceptors (Lipinski definition) is 6. The van der Waals surface area contributed by atoms with Gasteiger partial charge in [0.25, 0.3) is 0 Å². The first kappa shape index (κ1) is 20.0. The van der Waals surface area contributed by atoms with Crippen molar-refractivity contribution >= 4 is 11.3 Å². The summed E-state index contributed by atoms with van der Waals surface area (Å²) in [5.41, 5.74) is 1.66. The summed E-state index contributed by atoms with van der Waals surface area (Å²) in [4.78, 5) is 0. The molecule has 2 aromatic heterocycles. The Bertz CT molecular complexity index is 756. The molecule has 2 aliphatic rings. The fourth-order valence-electron chi connectivity index (χ4n) is 4.02. The number of rotatable bonds is 6. The molecule has 0 bridgehead atoms. The van der Waals surface area contributed by atoms with E-state index in [1.807, 2.05) is 6.20 Å². The first-order chi connectivity index (χ1) is 13.2. The first-order valence-corrected chi connectivity index (χ1v) is 10.7. The van der Waals surface area contributed by atoms with Crippen LogP contribution in [0, 0.1) is 17.2 Å². The van der Waals surface area contributed by atoms with Gasteiger partial charge in [0.2, 0.25) is 0 Å². The molecule has 1 atom stereocenters. The Morgan fingerprint density at radius 1 is 1.37 bits per heavy atom. The summed E-state index contributed by atoms with van der Waals surface area (Å²) in [6.07, 6.45) is 10.1. The van der Waals surface area contributed by atoms with E-state index in [4.69, 9.17) is 5.11 Å². The summed E-state index contributed by atoms with van der Waals surface area (Å²) in [5, 5.41) is 33.4. The molecule has 2 N–H and O–H groups in total. The molecule has 0 saturated heterocycles. The highest BCUT2D eigenvalue weighted by Gasteiger charge is 2.48. The van der Waals surface area contributed by atoms with Gasteiger partial charge in [-0.2, -0.15) is 16.6 Å². The molecule has 0 aromatic carbocycles. The second-order valence-corrected chi connectivity index (χ2v) is 8.49. The monoisotopic (exact) mass is 387 g/mol. The molecule has 0 aliphatic heterocycles. The third kappa shape index (κ3) is 4.08. The minimum absolute atomic E-state index is 0.202. The van der Waals surface area contributed by atoms with Crippen molar-refractivity contribution in [1.29, 1.82) is 5.26 Å². The van der Waals surface area contributed by atoms with Gasteiger partial charge in [-0.25, -0.2) is 4.68 Å². The van der Waals surface area contributed by atoms with Crippen LogP contribution < -0.4 is 5.32 Å². The normalized spacial score (nSPS) is 20.8. The molecule has 4 rings (SSSR count). The molecule has 0 spiro atoms. The Kier molecular flexibility index (Phi) is 6.30. The van der Waals surface area contributed by atoms with E-state index in [1.165, 1.54) is 37.7 Å². The van der Waals surface area contributed by atoms with Crippen LogP contribution in [0.25, 0.3) is 0 Å². The van der Waals surface area contributed by atoms with Gasteiger partial charge >= 0.3 is 0 Å². The maximum Gasteiger partial charge on any atom is 0.150 e. The third-order valence-corrected chi connectivity index (χ3v) is 6.79. The number of nitrogens with one attached hydrogen (secondary N) is 1. The average Bonchev–Trinajstić information content (AvgIpc) is 3.13. The average molecular weight is 388 g/mol. The Labute approximate surface area is 165 Å². The van der Waals surface area contributed by atoms with Crippen molar-refractivity contribution in [2.45, 2.75) is 69.5 Å². The summed E-state index contributed by atoms with van der Waals surface area (Å²) in [7, 11) is 1.00. The summed E-state index contributed by atoms with van der Waals surface area (Å²) in [6, 6.07) is 4.58. The summed E-state index contributed by atoms with van der Waals surface area (Å²) in [6.45, 7) is 3.11. The van der Waals surface area contributed by atoms with E-state index < -0.39 is 5.54 Å². The van der Waals surface area contributed by atoms with E-state index in [2.05, 4.69) is 45.4 Å². The molecule has 7 heteroatoms. The van der Waals surface area contributed by atoms with Gasteiger partial charge in [-0.15, -0.1) is 5.10 Å². The molecule has 27 heavy (non-hydrogen) atoms. The molecular formula is C20H29N5OS. The van der Waals surface area contributed by atoms with E-state index in [-0.39, 0.29) is 5.54 Å². The zero-order valence-corrected chi connectivity index (χ0v) is 17.0. The summed E-state index contributed by atoms with van der Waals surface area (Å²) >= 11 is 1.73. The highest BCUT2D eigenvalue weighted by Crippen LogP contribution is 2.44. The third-order valence-electron chi connectivity index (χ3n) is 6.06. The molecule has 2 heterocycles. The predicted octanol–water partition coefficient (Wildman–Crippen LogP) is 3.55. The highest BCUT2D eigenvalue weighted by molar-refractivity contribution is 7.07. The number of nitrogens with zero attached hydrogens (tertiary/aromatic N) is 4. The van der Waals surface area contributed by atoms with Gasteiger partial charge in [0.05, 0.1) is 17.8 Å². The smallest absolute Gasteiger partial charge is 0.150 e. The molecular weight excluding hydrogens is 358 g/mol. The van der Waals surface area contributed by atoms with Crippen LogP contribution >= 0.6 is 11.3 Å². The number of thiophene rings is 1. The molecule has 146 valence electrons. The van der Waals surface area contributed by atoms with Crippen molar-refractivity contribution in [3.05, 3.63) is 34.3 Å². The van der Waals surface area contributed by atoms with Crippen LogP contribution in [-0.2, 0) is 17.6 Å². The molecule has 0 radical (unpaired) electrons. The van der Waals surface area contributed by atoms with Crippen LogP contribution in [0.1, 0.15) is 63.1 Å². The van der Waals surface area contributed by atoms with Gasteiger partial charge in [0, 0.05) is 13.7 Å². The Morgan fingerprint density at radius 3 is 2.70 bits per heavy atom. The zero-order valence-electron chi connectivity index (χ0n) is 16.2. The van der Waals surface area contributed by atoms with E-state index in [9.17, 15) is 5.26 Å². The molecule has 0 amide bonds. The summed E-state index contributed by atoms with van der Waals surface area (Å²) in [5.74, 6) is 0.558. The molecule has 2 saturated carbocycles. The molecule has 0 unspecified atom stereocenters. The number of nitriles is 1. The SMILES string of the molecule is CO.C[C@@](NCc1ccsc1)(c1cn(C2(C#N)CC2)nn1)C1CCCCC1. The molecule has 2 aromatic rings. The van der Waals surface area contributed by atoms with Crippen LogP contribution in [-0.4, -0.2) is 27.2 Å². The van der Waals surface area contributed by atoms with Gasteiger partial charge in [0.15, 0.2) is 5.54 Å². The van der Waals surface area contributed by atoms with Crippen molar-refractivity contribution < 1.29 is 5.11 Å². The largest absolute Gasteiger partial charge is 0.400 e. The minimum atomic E-state index is -0.438. The van der Waals surface area contributed by atoms with Crippen LogP contribution in [0.4, 0.5) is 0 Å². The van der Waals surface area contributed by atoms with Crippen molar-refractivity contribution in [2.75, 3.05) is 7.11 Å². The van der Waals surface area contributed by atoms with E-state index in [1.54, 1.807) is 16.0 Å². The van der Waals surface area contributed by atoms with Gasteiger partial charge in [-0.3, -0.25) is 0 Å². The van der Waals surface area contributed by atoms with Crippen molar-refractivity contribution in [3.8, 4) is 6.07 Å². The van der Waals surface area contributed by atoms with E-state index in [0.29, 0.717) is 5.92 Å². The highest BCUT2D eigenvalue weighted by atomic mass is 32.1. The maximum atomic E-state index is 9.45. The van der Waals surface area contributed by atoms with Crippen LogP contribution in [0.2, 0.25) is 0 Å². The van der Waals surface area contributed by atoms with Crippen molar-refractivity contribution in [1.82, 2.24) is 20.3 Å². The van der Waals surface area contributed by atoms with Crippen molar-refractivity contribution in [2.24, 2.45) is 5.92 Å². The van der Waals surface area contributed by atoms with E-state index in [0.717, 1.165) is 32.2 Å². The minimum Gasteiger partial charge on any atom is -0.400 e. The zero-order chi connectivity index (χ0) is 19.3. The lowest BCUT2D eigenvalue weighted by Crippen LogP contribution is -2.46. The predicted molar refractivity (Wildman–Crippen MR) is 106 cm³/mol. The second kappa shape index (κ2) is 8.51. The maximum absolute atomic E-state index is 9.45. The number of aliphatic hydroxyl groups is 1. The van der Waals surface area contributed by atoms with Gasteiger partial charge in [0.1, 0.15) is 5.69 Å². The lowest BCUT2D eigenvalue weighted by Gasteiger charge is -2.39. The van der Waals surface area contributed by atoms with Crippen LogP contribution in [0.15, 0.2) is 23.0 Å². The topological polar surface area (TPSA) is 86.8 Å². The first-order valence-electron chi connectivity index (χ1n) is 9.72. The standard InChI is InChI=1S/C19H25N5S.CH4O/c1-18(16-5-3-2-4-6-16,21-11-15-7-10-25-13-15)17-12-24(23-22-17)19(14-20)8-9-19;1-2/h7,10,12-13,16,21H,2-6,8-9,11H2,1H3;2H,1H3/t18-;/m0./s1. The lowest BCUT2D eigenvalue weighted by molar-refractivity contribution is 0.170. The fourth-order valence-corrected chi connectivity index (χ4v) is 4.69.